The van der Waals surface area contributed by atoms with Crippen molar-refractivity contribution in [2.24, 2.45) is 0 Å². The number of hydrogen-bond donors (Lipinski definition) is 3. The number of nitrogens with zero attached hydrogens (tertiary/aromatic N) is 2. The van der Waals surface area contributed by atoms with E-state index in [1.165, 1.54) is 32.4 Å². The predicted octanol–water partition coefficient (Wildman–Crippen LogP) is 1.53. The first-order chi connectivity index (χ1) is 8.65. The van der Waals surface area contributed by atoms with Crippen LogP contribution in [0, 0.1) is 0 Å². The average Bonchev–Trinajstić information content (AvgIpc) is 2.35. The maximum Gasteiger partial charge on any atom is 0.149 e. The zero-order valence-electron chi connectivity index (χ0n) is 11.0. The Morgan fingerprint density at radius 2 is 2.00 bits per heavy atom. The van der Waals surface area contributed by atoms with Crippen molar-refractivity contribution in [1.82, 2.24) is 9.88 Å². The summed E-state index contributed by atoms with van der Waals surface area (Å²) in [6.45, 7) is 5.64. The molecule has 1 aliphatic rings. The molecule has 0 saturated carbocycles. The normalized spacial score (nSPS) is 18.5. The lowest BCUT2D eigenvalue weighted by atomic mass is 10.1. The number of nitrogens with one attached hydrogen (secondary N) is 1. The maximum absolute atomic E-state index is 5.69. The third-order valence-corrected chi connectivity index (χ3v) is 3.33. The number of rotatable bonds is 4. The molecule has 0 bridgehead atoms. The van der Waals surface area contributed by atoms with Crippen LogP contribution in [-0.2, 0) is 0 Å². The summed E-state index contributed by atoms with van der Waals surface area (Å²) in [7, 11) is 0. The van der Waals surface area contributed by atoms with Crippen LogP contribution in [0.1, 0.15) is 26.2 Å². The van der Waals surface area contributed by atoms with Gasteiger partial charge >= 0.3 is 0 Å². The molecule has 2 heterocycles. The molecule has 0 amide bonds. The molecule has 18 heavy (non-hydrogen) atoms. The molecule has 5 N–H and O–H groups in total. The third kappa shape index (κ3) is 3.50. The Balaban J connectivity index is 1.85. The first kappa shape index (κ1) is 13.0. The van der Waals surface area contributed by atoms with Gasteiger partial charge in [0.1, 0.15) is 11.6 Å². The monoisotopic (exact) mass is 249 g/mol. The van der Waals surface area contributed by atoms with Gasteiger partial charge in [-0.2, -0.15) is 0 Å². The Labute approximate surface area is 109 Å². The molecular weight excluding hydrogens is 226 g/mol. The average molecular weight is 249 g/mol. The molecule has 100 valence electrons. The number of pyridine rings is 1. The van der Waals surface area contributed by atoms with Gasteiger partial charge in [0, 0.05) is 12.6 Å². The molecule has 0 aliphatic carbocycles. The number of likely N-dealkylation sites (tertiary alicyclic amines) is 1. The number of nitrogens with two attached hydrogens (primary N) is 2. The minimum Gasteiger partial charge on any atom is -0.396 e. The van der Waals surface area contributed by atoms with Gasteiger partial charge in [0.25, 0.3) is 0 Å². The van der Waals surface area contributed by atoms with Gasteiger partial charge in [0.05, 0.1) is 5.69 Å². The van der Waals surface area contributed by atoms with E-state index in [-0.39, 0.29) is 0 Å². The second-order valence-electron chi connectivity index (χ2n) is 5.08. The molecular formula is C13H23N5. The second-order valence-corrected chi connectivity index (χ2v) is 5.08. The number of nitrogen functional groups attached to an aromatic ring is 2. The molecule has 1 aromatic heterocycles. The van der Waals surface area contributed by atoms with Crippen LogP contribution in [0.25, 0.3) is 0 Å². The second kappa shape index (κ2) is 5.91. The highest BCUT2D eigenvalue weighted by Gasteiger charge is 2.13. The Kier molecular flexibility index (Phi) is 4.25. The van der Waals surface area contributed by atoms with Gasteiger partial charge in [-0.25, -0.2) is 4.98 Å². The van der Waals surface area contributed by atoms with Crippen LogP contribution in [0.15, 0.2) is 12.1 Å². The molecule has 1 unspecified atom stereocenters. The van der Waals surface area contributed by atoms with Crippen molar-refractivity contribution < 1.29 is 0 Å². The lowest BCUT2D eigenvalue weighted by molar-refractivity contribution is 0.223. The number of hydrogen-bond acceptors (Lipinski definition) is 5. The lowest BCUT2D eigenvalue weighted by Gasteiger charge is -2.29. The van der Waals surface area contributed by atoms with Gasteiger partial charge in [-0.05, 0) is 45.0 Å². The molecule has 1 fully saturated rings. The minimum absolute atomic E-state index is 0.360. The number of piperidine rings is 1. The highest BCUT2D eigenvalue weighted by atomic mass is 15.2. The van der Waals surface area contributed by atoms with E-state index in [9.17, 15) is 0 Å². The summed E-state index contributed by atoms with van der Waals surface area (Å²) in [5.41, 5.74) is 11.9. The summed E-state index contributed by atoms with van der Waals surface area (Å²) in [6.07, 6.45) is 4.01. The predicted molar refractivity (Wildman–Crippen MR) is 76.4 cm³/mol. The van der Waals surface area contributed by atoms with E-state index in [0.717, 1.165) is 12.4 Å². The molecule has 1 aromatic rings. The van der Waals surface area contributed by atoms with E-state index in [0.29, 0.717) is 17.5 Å². The number of aromatic nitrogens is 1. The van der Waals surface area contributed by atoms with Crippen LogP contribution in [0.5, 0.6) is 0 Å². The Morgan fingerprint density at radius 1 is 1.28 bits per heavy atom. The maximum atomic E-state index is 5.69. The fourth-order valence-electron chi connectivity index (χ4n) is 2.39. The Bertz CT molecular complexity index is 387. The van der Waals surface area contributed by atoms with Crippen LogP contribution in [-0.4, -0.2) is 35.6 Å². The fraction of sp³-hybridized carbons (Fsp3) is 0.615. The SMILES string of the molecule is CC(CN1CCCCC1)Nc1ccc(N)c(N)n1. The molecule has 1 atom stereocenters. The van der Waals surface area contributed by atoms with Gasteiger partial charge in [-0.3, -0.25) is 0 Å². The van der Waals surface area contributed by atoms with Crippen molar-refractivity contribution in [1.29, 1.82) is 0 Å². The van der Waals surface area contributed by atoms with E-state index in [1.807, 2.05) is 6.07 Å². The standard InChI is InChI=1S/C13H23N5/c1-10(9-18-7-3-2-4-8-18)16-12-6-5-11(14)13(15)17-12/h5-6,10H,2-4,7-9,14H2,1H3,(H3,15,16,17). The lowest BCUT2D eigenvalue weighted by Crippen LogP contribution is -2.38. The first-order valence-electron chi connectivity index (χ1n) is 6.66. The highest BCUT2D eigenvalue weighted by Crippen LogP contribution is 2.16. The zero-order chi connectivity index (χ0) is 13.0. The van der Waals surface area contributed by atoms with Gasteiger partial charge in [-0.1, -0.05) is 6.42 Å². The summed E-state index contributed by atoms with van der Waals surface area (Å²) >= 11 is 0. The fourth-order valence-corrected chi connectivity index (χ4v) is 2.39. The molecule has 5 heteroatoms. The van der Waals surface area contributed by atoms with Gasteiger partial charge in [0.15, 0.2) is 0 Å². The summed E-state index contributed by atoms with van der Waals surface area (Å²) < 4.78 is 0. The first-order valence-corrected chi connectivity index (χ1v) is 6.66. The highest BCUT2D eigenvalue weighted by molar-refractivity contribution is 5.61. The zero-order valence-corrected chi connectivity index (χ0v) is 11.0. The molecule has 1 saturated heterocycles. The Morgan fingerprint density at radius 3 is 2.67 bits per heavy atom. The van der Waals surface area contributed by atoms with Crippen molar-refractivity contribution in [3.63, 3.8) is 0 Å². The van der Waals surface area contributed by atoms with Gasteiger partial charge < -0.3 is 21.7 Å². The summed E-state index contributed by atoms with van der Waals surface area (Å²) in [5.74, 6) is 1.19. The molecule has 5 nitrogen and oxygen atoms in total. The van der Waals surface area contributed by atoms with Crippen molar-refractivity contribution in [3.8, 4) is 0 Å². The van der Waals surface area contributed by atoms with Crippen LogP contribution in [0.4, 0.5) is 17.3 Å². The minimum atomic E-state index is 0.360. The van der Waals surface area contributed by atoms with E-state index in [2.05, 4.69) is 22.1 Å². The molecule has 1 aliphatic heterocycles. The largest absolute Gasteiger partial charge is 0.396 e. The summed E-state index contributed by atoms with van der Waals surface area (Å²) in [5, 5.41) is 3.37. The van der Waals surface area contributed by atoms with E-state index >= 15 is 0 Å². The molecule has 2 rings (SSSR count). The molecule has 0 radical (unpaired) electrons. The van der Waals surface area contributed by atoms with Crippen LogP contribution in [0.3, 0.4) is 0 Å². The van der Waals surface area contributed by atoms with Crippen molar-refractivity contribution in [2.45, 2.75) is 32.2 Å². The van der Waals surface area contributed by atoms with E-state index < -0.39 is 0 Å². The number of anilines is 3. The quantitative estimate of drug-likeness (QED) is 0.754. The van der Waals surface area contributed by atoms with Crippen LogP contribution >= 0.6 is 0 Å². The summed E-state index contributed by atoms with van der Waals surface area (Å²) in [4.78, 5) is 6.73. The van der Waals surface area contributed by atoms with Crippen molar-refractivity contribution >= 4 is 17.3 Å². The van der Waals surface area contributed by atoms with Crippen molar-refractivity contribution in [2.75, 3.05) is 36.4 Å². The van der Waals surface area contributed by atoms with Crippen LogP contribution < -0.4 is 16.8 Å². The Hall–Kier alpha value is -1.49. The van der Waals surface area contributed by atoms with E-state index in [1.54, 1.807) is 6.07 Å². The third-order valence-electron chi connectivity index (χ3n) is 3.33. The summed E-state index contributed by atoms with van der Waals surface area (Å²) in [6, 6.07) is 4.02. The molecule has 0 spiro atoms. The van der Waals surface area contributed by atoms with Gasteiger partial charge in [-0.15, -0.1) is 0 Å². The topological polar surface area (TPSA) is 80.2 Å². The smallest absolute Gasteiger partial charge is 0.149 e. The van der Waals surface area contributed by atoms with Crippen LogP contribution in [0.2, 0.25) is 0 Å². The van der Waals surface area contributed by atoms with E-state index in [4.69, 9.17) is 11.5 Å². The van der Waals surface area contributed by atoms with Gasteiger partial charge in [0.2, 0.25) is 0 Å². The molecule has 0 aromatic carbocycles. The van der Waals surface area contributed by atoms with Crippen molar-refractivity contribution in [3.05, 3.63) is 12.1 Å².